The third kappa shape index (κ3) is 5.96. The first-order valence-electron chi connectivity index (χ1n) is 9.31. The summed E-state index contributed by atoms with van der Waals surface area (Å²) in [5, 5.41) is 3.62. The van der Waals surface area contributed by atoms with Crippen molar-refractivity contribution < 1.29 is 14.3 Å². The second-order valence-corrected chi connectivity index (χ2v) is 7.40. The lowest BCUT2D eigenvalue weighted by molar-refractivity contribution is -0.113. The number of ether oxygens (including phenoxy) is 1. The first kappa shape index (κ1) is 20.7. The lowest BCUT2D eigenvalue weighted by Gasteiger charge is -2.09. The Hall–Kier alpha value is -3.06. The molecule has 0 aliphatic carbocycles. The molecule has 1 aromatic heterocycles. The Labute approximate surface area is 174 Å². The lowest BCUT2D eigenvalue weighted by atomic mass is 10.1. The topological polar surface area (TPSA) is 73.2 Å². The molecule has 0 spiro atoms. The molecule has 1 heterocycles. The van der Waals surface area contributed by atoms with Crippen LogP contribution in [0.3, 0.4) is 0 Å². The van der Waals surface area contributed by atoms with Crippen LogP contribution < -0.4 is 5.32 Å². The molecule has 1 N–H and O–H groups in total. The molecule has 0 saturated heterocycles. The van der Waals surface area contributed by atoms with Crippen LogP contribution in [-0.4, -0.2) is 33.8 Å². The molecule has 29 heavy (non-hydrogen) atoms. The third-order valence-corrected chi connectivity index (χ3v) is 5.17. The molecule has 0 radical (unpaired) electrons. The van der Waals surface area contributed by atoms with Crippen LogP contribution in [0.15, 0.2) is 66.1 Å². The van der Waals surface area contributed by atoms with Gasteiger partial charge >= 0.3 is 5.97 Å². The maximum Gasteiger partial charge on any atom is 0.338 e. The zero-order chi connectivity index (χ0) is 20.6. The highest BCUT2D eigenvalue weighted by Gasteiger charge is 2.10. The Kier molecular flexibility index (Phi) is 7.08. The summed E-state index contributed by atoms with van der Waals surface area (Å²) in [6, 6.07) is 15.0. The van der Waals surface area contributed by atoms with Crippen LogP contribution in [0.1, 0.15) is 28.4 Å². The van der Waals surface area contributed by atoms with Crippen molar-refractivity contribution in [3.8, 4) is 0 Å². The van der Waals surface area contributed by atoms with E-state index < -0.39 is 0 Å². The molecule has 0 unspecified atom stereocenters. The van der Waals surface area contributed by atoms with E-state index >= 15 is 0 Å². The smallest absolute Gasteiger partial charge is 0.338 e. The summed E-state index contributed by atoms with van der Waals surface area (Å²) in [7, 11) is 0. The monoisotopic (exact) mass is 409 g/mol. The highest BCUT2D eigenvalue weighted by molar-refractivity contribution is 7.99. The minimum atomic E-state index is -0.374. The zero-order valence-electron chi connectivity index (χ0n) is 16.4. The SMILES string of the molecule is CCOC(=O)c1ccc(NC(=O)CSc2nccn2Cc2ccc(C)cc2)cc1. The zero-order valence-corrected chi connectivity index (χ0v) is 17.2. The molecule has 0 fully saturated rings. The summed E-state index contributed by atoms with van der Waals surface area (Å²) in [4.78, 5) is 28.3. The fourth-order valence-electron chi connectivity index (χ4n) is 2.68. The van der Waals surface area contributed by atoms with E-state index in [1.54, 1.807) is 37.4 Å². The number of amides is 1. The number of hydrogen-bond acceptors (Lipinski definition) is 5. The molecule has 0 saturated carbocycles. The maximum atomic E-state index is 12.3. The molecule has 3 rings (SSSR count). The first-order chi connectivity index (χ1) is 14.0. The molecular formula is C22H23N3O3S. The van der Waals surface area contributed by atoms with Gasteiger partial charge in [0.15, 0.2) is 5.16 Å². The minimum absolute atomic E-state index is 0.135. The maximum absolute atomic E-state index is 12.3. The summed E-state index contributed by atoms with van der Waals surface area (Å²) in [5.41, 5.74) is 3.49. The number of carbonyl (C=O) groups is 2. The molecular weight excluding hydrogens is 386 g/mol. The van der Waals surface area contributed by atoms with Gasteiger partial charge in [-0.05, 0) is 43.7 Å². The van der Waals surface area contributed by atoms with Crippen molar-refractivity contribution in [2.45, 2.75) is 25.5 Å². The molecule has 3 aromatic rings. The van der Waals surface area contributed by atoms with Gasteiger partial charge in [-0.2, -0.15) is 0 Å². The van der Waals surface area contributed by atoms with Gasteiger partial charge in [-0.1, -0.05) is 41.6 Å². The number of thioether (sulfide) groups is 1. The van der Waals surface area contributed by atoms with Gasteiger partial charge < -0.3 is 14.6 Å². The fourth-order valence-corrected chi connectivity index (χ4v) is 3.44. The van der Waals surface area contributed by atoms with E-state index in [9.17, 15) is 9.59 Å². The average Bonchev–Trinajstić information content (AvgIpc) is 3.16. The lowest BCUT2D eigenvalue weighted by Crippen LogP contribution is -2.15. The number of aryl methyl sites for hydroxylation is 1. The summed E-state index contributed by atoms with van der Waals surface area (Å²) in [6.45, 7) is 4.86. The largest absolute Gasteiger partial charge is 0.462 e. The molecule has 6 nitrogen and oxygen atoms in total. The second-order valence-electron chi connectivity index (χ2n) is 6.46. The summed E-state index contributed by atoms with van der Waals surface area (Å²) < 4.78 is 6.97. The molecule has 7 heteroatoms. The van der Waals surface area contributed by atoms with Crippen LogP contribution in [-0.2, 0) is 16.1 Å². The van der Waals surface area contributed by atoms with Crippen LogP contribution in [0.5, 0.6) is 0 Å². The van der Waals surface area contributed by atoms with E-state index in [0.717, 1.165) is 5.16 Å². The Morgan fingerprint density at radius 1 is 1.10 bits per heavy atom. The van der Waals surface area contributed by atoms with Crippen LogP contribution in [0.4, 0.5) is 5.69 Å². The standard InChI is InChI=1S/C22H23N3O3S/c1-3-28-21(27)18-8-10-19(11-9-18)24-20(26)15-29-22-23-12-13-25(22)14-17-6-4-16(2)5-7-17/h4-13H,3,14-15H2,1-2H3,(H,24,26). The number of benzene rings is 2. The molecule has 2 aromatic carbocycles. The van der Waals surface area contributed by atoms with Crippen LogP contribution in [0.25, 0.3) is 0 Å². The normalized spacial score (nSPS) is 10.6. The fraction of sp³-hybridized carbons (Fsp3) is 0.227. The molecule has 1 amide bonds. The van der Waals surface area contributed by atoms with Gasteiger partial charge in [0.2, 0.25) is 5.91 Å². The van der Waals surface area contributed by atoms with Crippen molar-refractivity contribution in [2.75, 3.05) is 17.7 Å². The van der Waals surface area contributed by atoms with Gasteiger partial charge in [0.25, 0.3) is 0 Å². The van der Waals surface area contributed by atoms with Gasteiger partial charge in [0.1, 0.15) is 0 Å². The molecule has 0 bridgehead atoms. The van der Waals surface area contributed by atoms with E-state index in [2.05, 4.69) is 41.5 Å². The van der Waals surface area contributed by atoms with Crippen LogP contribution in [0, 0.1) is 6.92 Å². The number of anilines is 1. The number of nitrogens with zero attached hydrogens (tertiary/aromatic N) is 2. The number of nitrogens with one attached hydrogen (secondary N) is 1. The van der Waals surface area contributed by atoms with Gasteiger partial charge in [0.05, 0.1) is 17.9 Å². The number of hydrogen-bond donors (Lipinski definition) is 1. The minimum Gasteiger partial charge on any atom is -0.462 e. The highest BCUT2D eigenvalue weighted by atomic mass is 32.2. The predicted molar refractivity (Wildman–Crippen MR) is 114 cm³/mol. The first-order valence-corrected chi connectivity index (χ1v) is 10.3. The van der Waals surface area contributed by atoms with Crippen molar-refractivity contribution in [2.24, 2.45) is 0 Å². The number of carbonyl (C=O) groups excluding carboxylic acids is 2. The summed E-state index contributed by atoms with van der Waals surface area (Å²) in [5.74, 6) is -0.269. The Morgan fingerprint density at radius 2 is 1.83 bits per heavy atom. The Bertz CT molecular complexity index is 966. The van der Waals surface area contributed by atoms with Gasteiger partial charge in [0, 0.05) is 24.6 Å². The molecule has 0 aliphatic rings. The van der Waals surface area contributed by atoms with E-state index in [1.807, 2.05) is 10.8 Å². The van der Waals surface area contributed by atoms with Gasteiger partial charge in [-0.15, -0.1) is 0 Å². The number of aromatic nitrogens is 2. The van der Waals surface area contributed by atoms with E-state index in [1.165, 1.54) is 22.9 Å². The number of imidazole rings is 1. The Morgan fingerprint density at radius 3 is 2.52 bits per heavy atom. The summed E-state index contributed by atoms with van der Waals surface area (Å²) in [6.07, 6.45) is 3.65. The van der Waals surface area contributed by atoms with Crippen molar-refractivity contribution in [1.82, 2.24) is 9.55 Å². The van der Waals surface area contributed by atoms with Gasteiger partial charge in [-0.25, -0.2) is 9.78 Å². The molecule has 0 aliphatic heterocycles. The van der Waals surface area contributed by atoms with Crippen molar-refractivity contribution >= 4 is 29.3 Å². The van der Waals surface area contributed by atoms with E-state index in [-0.39, 0.29) is 17.6 Å². The highest BCUT2D eigenvalue weighted by Crippen LogP contribution is 2.18. The predicted octanol–water partition coefficient (Wildman–Crippen LogP) is 4.15. The van der Waals surface area contributed by atoms with Crippen molar-refractivity contribution in [3.63, 3.8) is 0 Å². The number of esters is 1. The quantitative estimate of drug-likeness (QED) is 0.447. The third-order valence-electron chi connectivity index (χ3n) is 4.16. The average molecular weight is 410 g/mol. The van der Waals surface area contributed by atoms with Crippen LogP contribution >= 0.6 is 11.8 Å². The molecule has 150 valence electrons. The van der Waals surface area contributed by atoms with E-state index in [4.69, 9.17) is 4.74 Å². The van der Waals surface area contributed by atoms with Gasteiger partial charge in [-0.3, -0.25) is 4.79 Å². The number of rotatable bonds is 8. The second kappa shape index (κ2) is 9.93. The Balaban J connectivity index is 1.53. The van der Waals surface area contributed by atoms with E-state index in [0.29, 0.717) is 24.4 Å². The van der Waals surface area contributed by atoms with Crippen LogP contribution in [0.2, 0.25) is 0 Å². The van der Waals surface area contributed by atoms with Crippen molar-refractivity contribution in [1.29, 1.82) is 0 Å². The van der Waals surface area contributed by atoms with Crippen molar-refractivity contribution in [3.05, 3.63) is 77.6 Å². The summed E-state index contributed by atoms with van der Waals surface area (Å²) >= 11 is 1.38. The molecule has 0 atom stereocenters.